The summed E-state index contributed by atoms with van der Waals surface area (Å²) in [5.41, 5.74) is 12.8. The van der Waals surface area contributed by atoms with Crippen LogP contribution in [0.1, 0.15) is 206 Å². The molecule has 0 radical (unpaired) electrons. The van der Waals surface area contributed by atoms with Crippen molar-refractivity contribution < 1.29 is 0 Å². The zero-order chi connectivity index (χ0) is 46.9. The number of rotatable bonds is 11. The first-order chi connectivity index (χ1) is 31.1. The van der Waals surface area contributed by atoms with E-state index in [-0.39, 0.29) is 5.41 Å². The molecule has 7 aliphatic rings. The lowest BCUT2D eigenvalue weighted by Crippen LogP contribution is -2.53. The van der Waals surface area contributed by atoms with E-state index < -0.39 is 0 Å². The fraction of sp³-hybridized carbons (Fsp3) is 0.631. The van der Waals surface area contributed by atoms with Crippen LogP contribution in [0.3, 0.4) is 0 Å². The molecule has 2 aromatic carbocycles. The Balaban J connectivity index is 0.000000274. The molecule has 5 fully saturated rings. The number of benzene rings is 2. The Morgan fingerprint density at radius 2 is 1.31 bits per heavy atom. The van der Waals surface area contributed by atoms with Gasteiger partial charge in [-0.15, -0.1) is 0 Å². The summed E-state index contributed by atoms with van der Waals surface area (Å²) in [5.74, 6) is 7.84. The third-order valence-corrected chi connectivity index (χ3v) is 18.8. The molecule has 65 heavy (non-hydrogen) atoms. The molecule has 9 atom stereocenters. The summed E-state index contributed by atoms with van der Waals surface area (Å²) in [6.07, 6.45) is 40.0. The molecule has 0 aromatic heterocycles. The third-order valence-electron chi connectivity index (χ3n) is 18.8. The molecule has 0 bridgehead atoms. The van der Waals surface area contributed by atoms with Crippen molar-refractivity contribution in [2.75, 3.05) is 0 Å². The lowest BCUT2D eigenvalue weighted by molar-refractivity contribution is -0.0558. The van der Waals surface area contributed by atoms with Crippen LogP contribution in [0.25, 0.3) is 0 Å². The SMILES string of the molecule is C=C(C)/C=C\C(=C)C.CC.Cc1ccc(C2(C3C=CC(C4CCC4)=CC3)CCC3(C)C(=CCC4C3CCC3(C)C(C(C)CCCC(C)C)CCC43)C2)cc1.Cc1ccc(C2CCC2)cc1. The Morgan fingerprint density at radius 1 is 0.692 bits per heavy atom. The average Bonchev–Trinajstić information content (AvgIpc) is 3.61. The molecule has 0 spiro atoms. The van der Waals surface area contributed by atoms with E-state index in [1.54, 1.807) is 16.7 Å². The van der Waals surface area contributed by atoms with Crippen molar-refractivity contribution >= 4 is 0 Å². The van der Waals surface area contributed by atoms with Gasteiger partial charge < -0.3 is 0 Å². The minimum atomic E-state index is 0.247. The molecule has 0 N–H and O–H groups in total. The van der Waals surface area contributed by atoms with Gasteiger partial charge in [0, 0.05) is 5.41 Å². The molecule has 9 unspecified atom stereocenters. The van der Waals surface area contributed by atoms with Gasteiger partial charge in [0.25, 0.3) is 0 Å². The maximum Gasteiger partial charge on any atom is 0.00564 e. The first kappa shape index (κ1) is 51.3. The molecule has 9 rings (SSSR count). The highest BCUT2D eigenvalue weighted by Gasteiger charge is 2.60. The lowest BCUT2D eigenvalue weighted by Gasteiger charge is -2.61. The quantitative estimate of drug-likeness (QED) is 0.156. The summed E-state index contributed by atoms with van der Waals surface area (Å²) >= 11 is 0. The van der Waals surface area contributed by atoms with Crippen LogP contribution in [-0.2, 0) is 5.41 Å². The molecule has 0 amide bonds. The van der Waals surface area contributed by atoms with Crippen molar-refractivity contribution in [3.63, 3.8) is 0 Å². The van der Waals surface area contributed by atoms with Crippen LogP contribution in [0.2, 0.25) is 0 Å². The van der Waals surface area contributed by atoms with Crippen molar-refractivity contribution in [2.24, 2.45) is 58.2 Å². The number of aryl methyl sites for hydroxylation is 2. The average molecular weight is 877 g/mol. The maximum absolute atomic E-state index is 3.70. The Morgan fingerprint density at radius 3 is 1.85 bits per heavy atom. The van der Waals surface area contributed by atoms with Gasteiger partial charge in [0.1, 0.15) is 0 Å². The van der Waals surface area contributed by atoms with Crippen LogP contribution in [0.4, 0.5) is 0 Å². The summed E-state index contributed by atoms with van der Waals surface area (Å²) in [6.45, 7) is 32.6. The van der Waals surface area contributed by atoms with Crippen LogP contribution in [0.15, 0.2) is 120 Å². The molecule has 0 aliphatic heterocycles. The minimum absolute atomic E-state index is 0.247. The van der Waals surface area contributed by atoms with Crippen LogP contribution in [0.5, 0.6) is 0 Å². The Hall–Kier alpha value is -3.12. The lowest BCUT2D eigenvalue weighted by atomic mass is 9.44. The highest BCUT2D eigenvalue weighted by atomic mass is 14.6. The molecule has 7 aliphatic carbocycles. The van der Waals surface area contributed by atoms with Gasteiger partial charge in [0.2, 0.25) is 0 Å². The summed E-state index contributed by atoms with van der Waals surface area (Å²) in [6, 6.07) is 18.8. The van der Waals surface area contributed by atoms with Crippen molar-refractivity contribution in [1.82, 2.24) is 0 Å². The van der Waals surface area contributed by atoms with Crippen LogP contribution in [0, 0.1) is 72.0 Å². The largest absolute Gasteiger partial charge is 0.0961 e. The maximum atomic E-state index is 3.70. The van der Waals surface area contributed by atoms with Crippen LogP contribution in [-0.4, -0.2) is 0 Å². The van der Waals surface area contributed by atoms with E-state index in [0.717, 1.165) is 58.5 Å². The van der Waals surface area contributed by atoms with Gasteiger partial charge >= 0.3 is 0 Å². The smallest absolute Gasteiger partial charge is 0.00564 e. The number of fused-ring (bicyclic) bond motifs is 5. The van der Waals surface area contributed by atoms with E-state index in [2.05, 4.69) is 134 Å². The molecular weight excluding hydrogens is 781 g/mol. The molecular formula is C65H96. The van der Waals surface area contributed by atoms with Gasteiger partial charge in [0.15, 0.2) is 0 Å². The fourth-order valence-electron chi connectivity index (χ4n) is 14.3. The molecule has 356 valence electrons. The second-order valence-electron chi connectivity index (χ2n) is 23.6. The predicted octanol–water partition coefficient (Wildman–Crippen LogP) is 19.6. The third kappa shape index (κ3) is 11.8. The Labute approximate surface area is 402 Å². The minimum Gasteiger partial charge on any atom is -0.0961 e. The van der Waals surface area contributed by atoms with Crippen LogP contribution < -0.4 is 0 Å². The van der Waals surface area contributed by atoms with Gasteiger partial charge in [-0.25, -0.2) is 0 Å². The van der Waals surface area contributed by atoms with E-state index in [1.165, 1.54) is 127 Å². The van der Waals surface area contributed by atoms with E-state index in [0.29, 0.717) is 16.7 Å². The fourth-order valence-corrected chi connectivity index (χ4v) is 14.3. The van der Waals surface area contributed by atoms with Crippen molar-refractivity contribution in [1.29, 1.82) is 0 Å². The van der Waals surface area contributed by atoms with Gasteiger partial charge in [-0.1, -0.05) is 207 Å². The van der Waals surface area contributed by atoms with Crippen molar-refractivity contribution in [3.05, 3.63) is 143 Å². The highest BCUT2D eigenvalue weighted by molar-refractivity contribution is 5.41. The summed E-state index contributed by atoms with van der Waals surface area (Å²) in [5, 5.41) is 0. The number of allylic oxidation sites excluding steroid dienone is 10. The molecule has 0 heteroatoms. The zero-order valence-electron chi connectivity index (χ0n) is 43.9. The van der Waals surface area contributed by atoms with Gasteiger partial charge in [0.05, 0.1) is 0 Å². The summed E-state index contributed by atoms with van der Waals surface area (Å²) < 4.78 is 0. The number of hydrogen-bond acceptors (Lipinski definition) is 0. The standard InChI is InChI=1S/C44H64.C11H14.C8H12.C2H6/c1-30(2)9-7-10-32(4)39-23-24-40-38-22-21-37-29-44(35-17-13-31(3)14-18-35,36-19-15-34(16-20-36)33-11-8-12-33)28-27-42(37,5)41(38)25-26-43(39,40)6;1-9-5-7-11(8-6-9)10-3-2-4-10;1-7(2)5-6-8(3)4;1-2/h13-19,21,30,32-33,36,38-41H,7-12,20,22-29H2,1-6H3;5-8,10H,2-4H2,1H3;5-6H,1,3H2,2,4H3;1-2H3/b;;6-5-;. The Bertz CT molecular complexity index is 1950. The molecule has 0 nitrogen and oxygen atoms in total. The number of hydrogen-bond donors (Lipinski definition) is 0. The van der Waals surface area contributed by atoms with E-state index in [1.807, 2.05) is 45.4 Å². The second kappa shape index (κ2) is 22.8. The Kier molecular flexibility index (Phi) is 18.0. The normalized spacial score (nSPS) is 32.0. The van der Waals surface area contributed by atoms with Crippen molar-refractivity contribution in [3.8, 4) is 0 Å². The topological polar surface area (TPSA) is 0 Å². The molecule has 0 saturated heterocycles. The first-order valence-corrected chi connectivity index (χ1v) is 27.3. The second-order valence-corrected chi connectivity index (χ2v) is 23.6. The van der Waals surface area contributed by atoms with Gasteiger partial charge in [-0.2, -0.15) is 0 Å². The zero-order valence-corrected chi connectivity index (χ0v) is 43.9. The van der Waals surface area contributed by atoms with Crippen LogP contribution >= 0.6 is 0 Å². The molecule has 0 heterocycles. The predicted molar refractivity (Wildman–Crippen MR) is 286 cm³/mol. The van der Waals surface area contributed by atoms with Gasteiger partial charge in [-0.3, -0.25) is 0 Å². The molecule has 2 aromatic rings. The van der Waals surface area contributed by atoms with Gasteiger partial charge in [-0.05, 0) is 192 Å². The highest BCUT2D eigenvalue weighted by Crippen LogP contribution is 2.69. The summed E-state index contributed by atoms with van der Waals surface area (Å²) in [4.78, 5) is 0. The first-order valence-electron chi connectivity index (χ1n) is 27.3. The molecule has 5 saturated carbocycles. The van der Waals surface area contributed by atoms with E-state index >= 15 is 0 Å². The van der Waals surface area contributed by atoms with Crippen molar-refractivity contribution in [2.45, 2.75) is 203 Å². The monoisotopic (exact) mass is 877 g/mol. The van der Waals surface area contributed by atoms with E-state index in [9.17, 15) is 0 Å². The summed E-state index contributed by atoms with van der Waals surface area (Å²) in [7, 11) is 0. The van der Waals surface area contributed by atoms with E-state index in [4.69, 9.17) is 0 Å².